The number of carbonyl (C=O) groups is 2. The SMILES string of the molecule is O=C(CNC1CC1)N[C@H](CCO)C(=O)O. The highest BCUT2D eigenvalue weighted by molar-refractivity contribution is 5.84. The molecule has 1 fully saturated rings. The van der Waals surface area contributed by atoms with Crippen molar-refractivity contribution < 1.29 is 19.8 Å². The minimum absolute atomic E-state index is 0.0322. The maximum atomic E-state index is 11.2. The van der Waals surface area contributed by atoms with Crippen molar-refractivity contribution in [3.63, 3.8) is 0 Å². The van der Waals surface area contributed by atoms with E-state index >= 15 is 0 Å². The van der Waals surface area contributed by atoms with E-state index in [0.29, 0.717) is 6.04 Å². The number of carbonyl (C=O) groups excluding carboxylic acids is 1. The Morgan fingerprint density at radius 1 is 1.40 bits per heavy atom. The van der Waals surface area contributed by atoms with E-state index in [1.165, 1.54) is 0 Å². The average Bonchev–Trinajstić information content (AvgIpc) is 2.97. The van der Waals surface area contributed by atoms with Crippen LogP contribution >= 0.6 is 0 Å². The smallest absolute Gasteiger partial charge is 0.326 e. The Bertz CT molecular complexity index is 240. The summed E-state index contributed by atoms with van der Waals surface area (Å²) in [6, 6.07) is -0.583. The number of amides is 1. The fourth-order valence-corrected chi connectivity index (χ4v) is 1.16. The lowest BCUT2D eigenvalue weighted by Gasteiger charge is -2.13. The molecule has 6 heteroatoms. The van der Waals surface area contributed by atoms with E-state index in [4.69, 9.17) is 10.2 Å². The number of aliphatic hydroxyl groups excluding tert-OH is 1. The summed E-state index contributed by atoms with van der Waals surface area (Å²) < 4.78 is 0. The Balaban J connectivity index is 2.22. The van der Waals surface area contributed by atoms with E-state index in [9.17, 15) is 9.59 Å². The lowest BCUT2D eigenvalue weighted by atomic mass is 10.2. The van der Waals surface area contributed by atoms with Gasteiger partial charge in [-0.05, 0) is 12.8 Å². The quantitative estimate of drug-likeness (QED) is 0.423. The van der Waals surface area contributed by atoms with Crippen LogP contribution in [0.3, 0.4) is 0 Å². The molecule has 15 heavy (non-hydrogen) atoms. The monoisotopic (exact) mass is 216 g/mol. The second-order valence-electron chi connectivity index (χ2n) is 3.63. The maximum absolute atomic E-state index is 11.2. The molecule has 0 aliphatic heterocycles. The predicted molar refractivity (Wildman–Crippen MR) is 52.3 cm³/mol. The second-order valence-corrected chi connectivity index (χ2v) is 3.63. The normalized spacial score (nSPS) is 17.1. The molecule has 0 saturated heterocycles. The van der Waals surface area contributed by atoms with Crippen LogP contribution in [0.5, 0.6) is 0 Å². The van der Waals surface area contributed by atoms with Gasteiger partial charge < -0.3 is 20.8 Å². The van der Waals surface area contributed by atoms with Crippen molar-refractivity contribution in [3.05, 3.63) is 0 Å². The number of aliphatic carboxylic acids is 1. The molecule has 0 aromatic heterocycles. The van der Waals surface area contributed by atoms with Crippen LogP contribution in [-0.4, -0.2) is 47.3 Å². The van der Waals surface area contributed by atoms with Gasteiger partial charge in [0.15, 0.2) is 0 Å². The molecule has 0 aromatic carbocycles. The zero-order chi connectivity index (χ0) is 11.3. The van der Waals surface area contributed by atoms with E-state index in [1.54, 1.807) is 0 Å². The molecule has 0 bridgehead atoms. The molecular formula is C9H16N2O4. The highest BCUT2D eigenvalue weighted by Crippen LogP contribution is 2.17. The number of rotatable bonds is 7. The molecule has 0 spiro atoms. The third kappa shape index (κ3) is 4.75. The minimum Gasteiger partial charge on any atom is -0.480 e. The zero-order valence-electron chi connectivity index (χ0n) is 8.40. The Hall–Kier alpha value is -1.14. The summed E-state index contributed by atoms with van der Waals surface area (Å²) in [6.07, 6.45) is 2.18. The van der Waals surface area contributed by atoms with E-state index in [1.807, 2.05) is 0 Å². The first kappa shape index (κ1) is 11.9. The molecule has 1 atom stereocenters. The van der Waals surface area contributed by atoms with Crippen molar-refractivity contribution >= 4 is 11.9 Å². The average molecular weight is 216 g/mol. The highest BCUT2D eigenvalue weighted by atomic mass is 16.4. The van der Waals surface area contributed by atoms with Crippen molar-refractivity contribution in [1.29, 1.82) is 0 Å². The molecule has 0 heterocycles. The van der Waals surface area contributed by atoms with Gasteiger partial charge in [0, 0.05) is 19.1 Å². The van der Waals surface area contributed by atoms with Gasteiger partial charge in [-0.2, -0.15) is 0 Å². The first-order valence-corrected chi connectivity index (χ1v) is 5.00. The molecule has 1 aliphatic carbocycles. The molecule has 0 aromatic rings. The molecular weight excluding hydrogens is 200 g/mol. The van der Waals surface area contributed by atoms with Crippen molar-refractivity contribution in [2.24, 2.45) is 0 Å². The second kappa shape index (κ2) is 5.67. The van der Waals surface area contributed by atoms with Crippen LogP contribution in [-0.2, 0) is 9.59 Å². The van der Waals surface area contributed by atoms with Gasteiger partial charge in [0.1, 0.15) is 6.04 Å². The van der Waals surface area contributed by atoms with Crippen molar-refractivity contribution in [2.45, 2.75) is 31.3 Å². The number of nitrogens with one attached hydrogen (secondary N) is 2. The summed E-state index contributed by atoms with van der Waals surface area (Å²) in [7, 11) is 0. The molecule has 4 N–H and O–H groups in total. The number of carboxylic acids is 1. The van der Waals surface area contributed by atoms with E-state index in [0.717, 1.165) is 12.8 Å². The summed E-state index contributed by atoms with van der Waals surface area (Å²) in [5.74, 6) is -1.47. The van der Waals surface area contributed by atoms with Crippen LogP contribution in [0.1, 0.15) is 19.3 Å². The minimum atomic E-state index is -1.12. The van der Waals surface area contributed by atoms with Crippen molar-refractivity contribution in [2.75, 3.05) is 13.2 Å². The van der Waals surface area contributed by atoms with E-state index in [-0.39, 0.29) is 25.5 Å². The summed E-state index contributed by atoms with van der Waals surface area (Å²) in [5, 5.41) is 22.6. The van der Waals surface area contributed by atoms with Gasteiger partial charge in [0.25, 0.3) is 0 Å². The predicted octanol–water partition coefficient (Wildman–Crippen LogP) is -1.31. The molecule has 6 nitrogen and oxygen atoms in total. The third-order valence-corrected chi connectivity index (χ3v) is 2.18. The molecule has 1 aliphatic rings. The van der Waals surface area contributed by atoms with Crippen LogP contribution in [0.2, 0.25) is 0 Å². The summed E-state index contributed by atoms with van der Waals surface area (Å²) in [4.78, 5) is 21.9. The number of carboxylic acid groups (broad SMARTS) is 1. The Morgan fingerprint density at radius 3 is 2.53 bits per heavy atom. The Kier molecular flexibility index (Phi) is 4.51. The summed E-state index contributed by atoms with van der Waals surface area (Å²) >= 11 is 0. The highest BCUT2D eigenvalue weighted by Gasteiger charge is 2.23. The fourth-order valence-electron chi connectivity index (χ4n) is 1.16. The summed E-state index contributed by atoms with van der Waals surface area (Å²) in [6.45, 7) is -0.118. The third-order valence-electron chi connectivity index (χ3n) is 2.18. The van der Waals surface area contributed by atoms with Gasteiger partial charge in [0.2, 0.25) is 5.91 Å². The topological polar surface area (TPSA) is 98.7 Å². The van der Waals surface area contributed by atoms with Gasteiger partial charge in [-0.15, -0.1) is 0 Å². The van der Waals surface area contributed by atoms with Gasteiger partial charge in [0.05, 0.1) is 6.54 Å². The van der Waals surface area contributed by atoms with Crippen LogP contribution in [0.25, 0.3) is 0 Å². The lowest BCUT2D eigenvalue weighted by Crippen LogP contribution is -2.45. The first-order valence-electron chi connectivity index (χ1n) is 5.00. The van der Waals surface area contributed by atoms with E-state index < -0.39 is 12.0 Å². The molecule has 1 saturated carbocycles. The number of aliphatic hydroxyl groups is 1. The van der Waals surface area contributed by atoms with Gasteiger partial charge in [-0.25, -0.2) is 4.79 Å². The maximum Gasteiger partial charge on any atom is 0.326 e. The first-order chi connectivity index (χ1) is 7.13. The van der Waals surface area contributed by atoms with Gasteiger partial charge in [-0.3, -0.25) is 4.79 Å². The van der Waals surface area contributed by atoms with Gasteiger partial charge >= 0.3 is 5.97 Å². The zero-order valence-corrected chi connectivity index (χ0v) is 8.40. The number of hydrogen-bond donors (Lipinski definition) is 4. The van der Waals surface area contributed by atoms with Crippen molar-refractivity contribution in [3.8, 4) is 0 Å². The molecule has 1 amide bonds. The van der Waals surface area contributed by atoms with Crippen molar-refractivity contribution in [1.82, 2.24) is 10.6 Å². The molecule has 1 rings (SSSR count). The van der Waals surface area contributed by atoms with Crippen LogP contribution < -0.4 is 10.6 Å². The fraction of sp³-hybridized carbons (Fsp3) is 0.778. The molecule has 86 valence electrons. The largest absolute Gasteiger partial charge is 0.480 e. The summed E-state index contributed by atoms with van der Waals surface area (Å²) in [5.41, 5.74) is 0. The number of hydrogen-bond acceptors (Lipinski definition) is 4. The van der Waals surface area contributed by atoms with Gasteiger partial charge in [-0.1, -0.05) is 0 Å². The van der Waals surface area contributed by atoms with Crippen LogP contribution in [0.15, 0.2) is 0 Å². The molecule has 0 unspecified atom stereocenters. The molecule has 0 radical (unpaired) electrons. The standard InChI is InChI=1S/C9H16N2O4/c12-4-3-7(9(14)15)11-8(13)5-10-6-1-2-6/h6-7,10,12H,1-5H2,(H,11,13)(H,14,15)/t7-/m1/s1. The Labute approximate surface area is 87.7 Å². The lowest BCUT2D eigenvalue weighted by molar-refractivity contribution is -0.142. The van der Waals surface area contributed by atoms with Crippen LogP contribution in [0.4, 0.5) is 0 Å². The van der Waals surface area contributed by atoms with Crippen LogP contribution in [0, 0.1) is 0 Å². The van der Waals surface area contributed by atoms with E-state index in [2.05, 4.69) is 10.6 Å². The Morgan fingerprint density at radius 2 is 2.07 bits per heavy atom.